The van der Waals surface area contributed by atoms with Crippen LogP contribution in [0.15, 0.2) is 16.9 Å². The highest BCUT2D eigenvalue weighted by molar-refractivity contribution is 6.38. The van der Waals surface area contributed by atoms with Crippen molar-refractivity contribution in [2.24, 2.45) is 0 Å². The van der Waals surface area contributed by atoms with Crippen LogP contribution in [0.2, 0.25) is 0 Å². The molecule has 2 N–H and O–H groups in total. The van der Waals surface area contributed by atoms with Gasteiger partial charge in [-0.3, -0.25) is 0 Å². The average Bonchev–Trinajstić information content (AvgIpc) is 2.45. The maximum atomic E-state index is 11.1. The molecule has 1 aromatic carbocycles. The Morgan fingerprint density at radius 1 is 1.29 bits per heavy atom. The maximum absolute atomic E-state index is 11.1. The van der Waals surface area contributed by atoms with Gasteiger partial charge in [0, 0.05) is 0 Å². The zero-order chi connectivity index (χ0) is 10.3. The Morgan fingerprint density at radius 3 is 2.64 bits per heavy atom. The second-order valence-corrected chi connectivity index (χ2v) is 3.77. The SMILES string of the molecule is [B]c1cc(C(C)C)cc2[nH]c(=O)[nH]c12. The van der Waals surface area contributed by atoms with Gasteiger partial charge in [-0.1, -0.05) is 25.4 Å². The molecule has 0 unspecified atom stereocenters. The van der Waals surface area contributed by atoms with Crippen molar-refractivity contribution >= 4 is 24.3 Å². The summed E-state index contributed by atoms with van der Waals surface area (Å²) >= 11 is 0. The average molecular weight is 186 g/mol. The molecule has 0 amide bonds. The second-order valence-electron chi connectivity index (χ2n) is 3.77. The molecule has 1 aromatic heterocycles. The van der Waals surface area contributed by atoms with Crippen molar-refractivity contribution in [3.63, 3.8) is 0 Å². The van der Waals surface area contributed by atoms with Gasteiger partial charge in [0.1, 0.15) is 7.85 Å². The van der Waals surface area contributed by atoms with Crippen LogP contribution in [-0.2, 0) is 0 Å². The van der Waals surface area contributed by atoms with Gasteiger partial charge in [0.15, 0.2) is 0 Å². The number of hydrogen-bond donors (Lipinski definition) is 2. The molecule has 0 spiro atoms. The van der Waals surface area contributed by atoms with Crippen LogP contribution < -0.4 is 11.2 Å². The summed E-state index contributed by atoms with van der Waals surface area (Å²) in [6, 6.07) is 3.85. The smallest absolute Gasteiger partial charge is 0.306 e. The maximum Gasteiger partial charge on any atom is 0.323 e. The van der Waals surface area contributed by atoms with Crippen LogP contribution in [0.25, 0.3) is 11.0 Å². The first-order valence-corrected chi connectivity index (χ1v) is 4.59. The van der Waals surface area contributed by atoms with Gasteiger partial charge in [-0.2, -0.15) is 0 Å². The fourth-order valence-electron chi connectivity index (χ4n) is 1.53. The van der Waals surface area contributed by atoms with Crippen molar-refractivity contribution in [1.82, 2.24) is 9.97 Å². The van der Waals surface area contributed by atoms with E-state index in [1.54, 1.807) is 0 Å². The topological polar surface area (TPSA) is 48.6 Å². The Balaban J connectivity index is 2.77. The van der Waals surface area contributed by atoms with Crippen LogP contribution >= 0.6 is 0 Å². The van der Waals surface area contributed by atoms with Gasteiger partial charge < -0.3 is 9.97 Å². The molecule has 70 valence electrons. The predicted octanol–water partition coefficient (Wildman–Crippen LogP) is 0.773. The van der Waals surface area contributed by atoms with Crippen LogP contribution in [0.1, 0.15) is 25.3 Å². The molecule has 0 fully saturated rings. The quantitative estimate of drug-likeness (QED) is 0.635. The number of H-pyrrole nitrogens is 2. The predicted molar refractivity (Wildman–Crippen MR) is 58.4 cm³/mol. The van der Waals surface area contributed by atoms with Gasteiger partial charge in [-0.25, -0.2) is 4.79 Å². The zero-order valence-electron chi connectivity index (χ0n) is 8.22. The Bertz CT molecular complexity index is 524. The number of aromatic nitrogens is 2. The van der Waals surface area contributed by atoms with Crippen LogP contribution in [0, 0.1) is 0 Å². The van der Waals surface area contributed by atoms with E-state index in [0.29, 0.717) is 16.9 Å². The third kappa shape index (κ3) is 1.37. The van der Waals surface area contributed by atoms with Crippen molar-refractivity contribution in [2.45, 2.75) is 19.8 Å². The highest BCUT2D eigenvalue weighted by Gasteiger charge is 2.05. The van der Waals surface area contributed by atoms with E-state index in [9.17, 15) is 4.79 Å². The molecule has 0 aliphatic heterocycles. The van der Waals surface area contributed by atoms with Crippen LogP contribution in [0.3, 0.4) is 0 Å². The van der Waals surface area contributed by atoms with Crippen LogP contribution in [0.5, 0.6) is 0 Å². The fourth-order valence-corrected chi connectivity index (χ4v) is 1.53. The first-order valence-electron chi connectivity index (χ1n) is 4.59. The lowest BCUT2D eigenvalue weighted by Gasteiger charge is -2.06. The summed E-state index contributed by atoms with van der Waals surface area (Å²) in [7, 11) is 5.82. The lowest BCUT2D eigenvalue weighted by Crippen LogP contribution is -2.07. The molecule has 1 heterocycles. The van der Waals surface area contributed by atoms with E-state index in [0.717, 1.165) is 11.1 Å². The van der Waals surface area contributed by atoms with E-state index in [2.05, 4.69) is 23.8 Å². The number of rotatable bonds is 1. The number of aromatic amines is 2. The van der Waals surface area contributed by atoms with Crippen LogP contribution in [-0.4, -0.2) is 17.8 Å². The summed E-state index contributed by atoms with van der Waals surface area (Å²) in [6.45, 7) is 4.18. The minimum absolute atomic E-state index is 0.215. The van der Waals surface area contributed by atoms with Crippen molar-refractivity contribution in [2.75, 3.05) is 0 Å². The van der Waals surface area contributed by atoms with Crippen LogP contribution in [0.4, 0.5) is 0 Å². The number of benzene rings is 1. The molecule has 4 heteroatoms. The summed E-state index contributed by atoms with van der Waals surface area (Å²) in [6.07, 6.45) is 0. The fraction of sp³-hybridized carbons (Fsp3) is 0.300. The van der Waals surface area contributed by atoms with E-state index in [1.165, 1.54) is 0 Å². The standard InChI is InChI=1S/C10H11BN2O/c1-5(2)6-3-7(11)9-8(4-6)12-10(14)13-9/h3-5H,1-2H3,(H2,12,13,14). The van der Waals surface area contributed by atoms with Crippen molar-refractivity contribution in [3.8, 4) is 0 Å². The molecule has 0 aliphatic carbocycles. The molecule has 0 atom stereocenters. The molecule has 0 bridgehead atoms. The van der Waals surface area contributed by atoms with Gasteiger partial charge in [0.2, 0.25) is 0 Å². The molecule has 3 nitrogen and oxygen atoms in total. The lowest BCUT2D eigenvalue weighted by molar-refractivity contribution is 0.869. The lowest BCUT2D eigenvalue weighted by atomic mass is 9.89. The molecular formula is C10H11BN2O. The van der Waals surface area contributed by atoms with Gasteiger partial charge in [-0.15, -0.1) is 0 Å². The summed E-state index contributed by atoms with van der Waals surface area (Å²) in [5, 5.41) is 0. The summed E-state index contributed by atoms with van der Waals surface area (Å²) in [4.78, 5) is 16.4. The first-order chi connectivity index (χ1) is 6.58. The Hall–Kier alpha value is -1.45. The van der Waals surface area contributed by atoms with Gasteiger partial charge in [0.25, 0.3) is 0 Å². The molecule has 2 rings (SSSR count). The Kier molecular flexibility index (Phi) is 1.99. The van der Waals surface area contributed by atoms with Crippen molar-refractivity contribution < 1.29 is 0 Å². The van der Waals surface area contributed by atoms with Crippen molar-refractivity contribution in [1.29, 1.82) is 0 Å². The summed E-state index contributed by atoms with van der Waals surface area (Å²) < 4.78 is 0. The highest BCUT2D eigenvalue weighted by atomic mass is 16.1. The molecule has 14 heavy (non-hydrogen) atoms. The number of imidazole rings is 1. The van der Waals surface area contributed by atoms with E-state index in [-0.39, 0.29) is 5.69 Å². The third-order valence-corrected chi connectivity index (χ3v) is 2.34. The molecule has 0 aliphatic rings. The van der Waals surface area contributed by atoms with E-state index >= 15 is 0 Å². The minimum atomic E-state index is -0.215. The summed E-state index contributed by atoms with van der Waals surface area (Å²) in [5.41, 5.74) is 3.00. The number of fused-ring (bicyclic) bond motifs is 1. The summed E-state index contributed by atoms with van der Waals surface area (Å²) in [5.74, 6) is 0.403. The van der Waals surface area contributed by atoms with Gasteiger partial charge >= 0.3 is 5.69 Å². The van der Waals surface area contributed by atoms with E-state index in [4.69, 9.17) is 7.85 Å². The van der Waals surface area contributed by atoms with Gasteiger partial charge in [0.05, 0.1) is 11.0 Å². The Labute approximate surface area is 83.0 Å². The first kappa shape index (κ1) is 9.12. The second kappa shape index (κ2) is 3.05. The molecule has 0 saturated carbocycles. The molecular weight excluding hydrogens is 175 g/mol. The highest BCUT2D eigenvalue weighted by Crippen LogP contribution is 2.16. The van der Waals surface area contributed by atoms with E-state index < -0.39 is 0 Å². The monoisotopic (exact) mass is 186 g/mol. The number of hydrogen-bond acceptors (Lipinski definition) is 1. The van der Waals surface area contributed by atoms with Crippen molar-refractivity contribution in [3.05, 3.63) is 28.2 Å². The number of nitrogens with one attached hydrogen (secondary N) is 2. The normalized spacial score (nSPS) is 11.4. The van der Waals surface area contributed by atoms with Gasteiger partial charge in [-0.05, 0) is 17.5 Å². The molecule has 2 radical (unpaired) electrons. The zero-order valence-corrected chi connectivity index (χ0v) is 8.22. The molecule has 2 aromatic rings. The molecule has 0 saturated heterocycles. The van der Waals surface area contributed by atoms with E-state index in [1.807, 2.05) is 12.1 Å². The minimum Gasteiger partial charge on any atom is -0.306 e. The Morgan fingerprint density at radius 2 is 2.00 bits per heavy atom. The third-order valence-electron chi connectivity index (χ3n) is 2.34. The largest absolute Gasteiger partial charge is 0.323 e.